The van der Waals surface area contributed by atoms with Crippen LogP contribution in [0.2, 0.25) is 0 Å². The predicted molar refractivity (Wildman–Crippen MR) is 112 cm³/mol. The van der Waals surface area contributed by atoms with E-state index in [1.807, 2.05) is 6.92 Å². The van der Waals surface area contributed by atoms with Crippen LogP contribution in [0.25, 0.3) is 0 Å². The molecular formula is C17H34IN5O2. The Balaban J connectivity index is 0.00000312. The summed E-state index contributed by atoms with van der Waals surface area (Å²) >= 11 is 0. The first kappa shape index (κ1) is 22.3. The van der Waals surface area contributed by atoms with Gasteiger partial charge >= 0.3 is 6.09 Å². The van der Waals surface area contributed by atoms with Crippen LogP contribution < -0.4 is 11.1 Å². The van der Waals surface area contributed by atoms with Crippen LogP contribution in [0, 0.1) is 0 Å². The molecule has 8 heteroatoms. The van der Waals surface area contributed by atoms with Gasteiger partial charge in [0.1, 0.15) is 0 Å². The van der Waals surface area contributed by atoms with Crippen LogP contribution in [-0.2, 0) is 4.74 Å². The number of rotatable bonds is 7. The summed E-state index contributed by atoms with van der Waals surface area (Å²) in [5, 5.41) is 3.28. The smallest absolute Gasteiger partial charge is 0.409 e. The number of unbranched alkanes of at least 4 members (excludes halogenated alkanes) is 1. The molecule has 0 spiro atoms. The quantitative estimate of drug-likeness (QED) is 0.259. The number of hydrogen-bond donors (Lipinski definition) is 2. The Hall–Kier alpha value is -0.770. The van der Waals surface area contributed by atoms with Crippen LogP contribution >= 0.6 is 24.0 Å². The molecule has 1 amide bonds. The van der Waals surface area contributed by atoms with E-state index in [9.17, 15) is 4.79 Å². The van der Waals surface area contributed by atoms with Crippen molar-refractivity contribution in [2.75, 3.05) is 45.9 Å². The van der Waals surface area contributed by atoms with E-state index in [-0.39, 0.29) is 30.1 Å². The number of halogens is 1. The summed E-state index contributed by atoms with van der Waals surface area (Å²) in [6.07, 6.45) is 6.52. The van der Waals surface area contributed by atoms with Gasteiger partial charge in [-0.3, -0.25) is 4.99 Å². The summed E-state index contributed by atoms with van der Waals surface area (Å²) in [5.74, 6) is 0.533. The number of piperidine rings is 1. The van der Waals surface area contributed by atoms with Crippen LogP contribution in [0.5, 0.6) is 0 Å². The summed E-state index contributed by atoms with van der Waals surface area (Å²) in [6.45, 7) is 8.17. The lowest BCUT2D eigenvalue weighted by molar-refractivity contribution is 0.0963. The second-order valence-electron chi connectivity index (χ2n) is 6.63. The lowest BCUT2D eigenvalue weighted by Crippen LogP contribution is -2.48. The fourth-order valence-corrected chi connectivity index (χ4v) is 3.33. The van der Waals surface area contributed by atoms with E-state index in [2.05, 4.69) is 15.2 Å². The lowest BCUT2D eigenvalue weighted by atomic mass is 10.1. The van der Waals surface area contributed by atoms with Crippen molar-refractivity contribution in [3.05, 3.63) is 0 Å². The third-order valence-corrected chi connectivity index (χ3v) is 4.74. The number of guanidine groups is 1. The number of amides is 1. The maximum absolute atomic E-state index is 11.7. The predicted octanol–water partition coefficient (Wildman–Crippen LogP) is 2.01. The third-order valence-electron chi connectivity index (χ3n) is 4.74. The second kappa shape index (κ2) is 12.6. The summed E-state index contributed by atoms with van der Waals surface area (Å²) in [7, 11) is 0. The highest BCUT2D eigenvalue weighted by Crippen LogP contribution is 2.11. The van der Waals surface area contributed by atoms with Gasteiger partial charge in [0, 0.05) is 25.7 Å². The first-order chi connectivity index (χ1) is 11.7. The number of carbonyl (C=O) groups is 1. The Labute approximate surface area is 168 Å². The molecule has 0 saturated carbocycles. The first-order valence-corrected chi connectivity index (χ1v) is 9.39. The summed E-state index contributed by atoms with van der Waals surface area (Å²) in [4.78, 5) is 20.4. The average Bonchev–Trinajstić information content (AvgIpc) is 3.09. The number of aliphatic imine (C=N–C) groups is 1. The Morgan fingerprint density at radius 2 is 1.88 bits per heavy atom. The standard InChI is InChI=1S/C17H33N5O2.HI/c1-2-24-17(23)22-13-7-15(8-14-22)20-16(18)19-9-3-4-10-21-11-5-6-12-21;/h15H,2-14H2,1H3,(H3,18,19,20);1H. The number of carbonyl (C=O) groups excluding carboxylic acids is 1. The van der Waals surface area contributed by atoms with Crippen LogP contribution in [0.4, 0.5) is 4.79 Å². The largest absolute Gasteiger partial charge is 0.450 e. The minimum Gasteiger partial charge on any atom is -0.450 e. The highest BCUT2D eigenvalue weighted by molar-refractivity contribution is 14.0. The van der Waals surface area contributed by atoms with Crippen molar-refractivity contribution in [1.29, 1.82) is 0 Å². The molecule has 2 fully saturated rings. The molecule has 2 rings (SSSR count). The molecule has 2 saturated heterocycles. The highest BCUT2D eigenvalue weighted by Gasteiger charge is 2.23. The SMILES string of the molecule is CCOC(=O)N1CCC(NC(N)=NCCCCN2CCCC2)CC1.I. The maximum atomic E-state index is 11.7. The molecule has 0 atom stereocenters. The van der Waals surface area contributed by atoms with E-state index >= 15 is 0 Å². The Kier molecular flexibility index (Phi) is 11.2. The topological polar surface area (TPSA) is 83.2 Å². The van der Waals surface area contributed by atoms with E-state index < -0.39 is 0 Å². The minimum atomic E-state index is -0.212. The van der Waals surface area contributed by atoms with Crippen molar-refractivity contribution in [3.8, 4) is 0 Å². The first-order valence-electron chi connectivity index (χ1n) is 9.39. The molecule has 2 aliphatic heterocycles. The maximum Gasteiger partial charge on any atom is 0.409 e. The number of hydrogen-bond acceptors (Lipinski definition) is 4. The third kappa shape index (κ3) is 8.44. The zero-order valence-corrected chi connectivity index (χ0v) is 17.7. The van der Waals surface area contributed by atoms with Crippen LogP contribution in [0.15, 0.2) is 4.99 Å². The van der Waals surface area contributed by atoms with Crippen molar-refractivity contribution >= 4 is 36.0 Å². The van der Waals surface area contributed by atoms with E-state index in [1.165, 1.54) is 38.9 Å². The summed E-state index contributed by atoms with van der Waals surface area (Å²) in [6, 6.07) is 0.295. The Morgan fingerprint density at radius 3 is 2.52 bits per heavy atom. The van der Waals surface area contributed by atoms with Gasteiger partial charge < -0.3 is 25.6 Å². The van der Waals surface area contributed by atoms with Gasteiger partial charge in [0.2, 0.25) is 0 Å². The zero-order valence-electron chi connectivity index (χ0n) is 15.4. The van der Waals surface area contributed by atoms with Crippen molar-refractivity contribution < 1.29 is 9.53 Å². The molecule has 0 unspecified atom stereocenters. The molecule has 146 valence electrons. The molecule has 7 nitrogen and oxygen atoms in total. The second-order valence-corrected chi connectivity index (χ2v) is 6.63. The number of ether oxygens (including phenoxy) is 1. The van der Waals surface area contributed by atoms with Crippen molar-refractivity contribution in [1.82, 2.24) is 15.1 Å². The molecule has 0 aliphatic carbocycles. The molecule has 0 aromatic heterocycles. The van der Waals surface area contributed by atoms with E-state index in [0.717, 1.165) is 25.8 Å². The van der Waals surface area contributed by atoms with Gasteiger partial charge in [-0.1, -0.05) is 0 Å². The normalized spacial score (nSPS) is 19.6. The van der Waals surface area contributed by atoms with Gasteiger partial charge in [-0.25, -0.2) is 4.79 Å². The van der Waals surface area contributed by atoms with E-state index in [0.29, 0.717) is 31.7 Å². The summed E-state index contributed by atoms with van der Waals surface area (Å²) < 4.78 is 5.03. The minimum absolute atomic E-state index is 0. The number of nitrogens with two attached hydrogens (primary N) is 1. The number of nitrogens with zero attached hydrogens (tertiary/aromatic N) is 3. The van der Waals surface area contributed by atoms with Gasteiger partial charge in [-0.15, -0.1) is 24.0 Å². The van der Waals surface area contributed by atoms with E-state index in [4.69, 9.17) is 10.5 Å². The highest BCUT2D eigenvalue weighted by atomic mass is 127. The molecular weight excluding hydrogens is 433 g/mol. The van der Waals surface area contributed by atoms with Gasteiger partial charge in [-0.2, -0.15) is 0 Å². The molecule has 0 aromatic carbocycles. The lowest BCUT2D eigenvalue weighted by Gasteiger charge is -2.31. The van der Waals surface area contributed by atoms with Crippen molar-refractivity contribution in [2.24, 2.45) is 10.7 Å². The molecule has 0 bridgehead atoms. The van der Waals surface area contributed by atoms with Gasteiger partial charge in [-0.05, 0) is 65.1 Å². The van der Waals surface area contributed by atoms with E-state index in [1.54, 1.807) is 4.90 Å². The molecule has 0 radical (unpaired) electrons. The average molecular weight is 467 g/mol. The zero-order chi connectivity index (χ0) is 17.2. The van der Waals surface area contributed by atoms with Crippen LogP contribution in [0.3, 0.4) is 0 Å². The molecule has 3 N–H and O–H groups in total. The molecule has 2 aliphatic rings. The van der Waals surface area contributed by atoms with Gasteiger partial charge in [0.15, 0.2) is 5.96 Å². The number of nitrogens with one attached hydrogen (secondary N) is 1. The Bertz CT molecular complexity index is 408. The van der Waals surface area contributed by atoms with Gasteiger partial charge in [0.25, 0.3) is 0 Å². The van der Waals surface area contributed by atoms with Crippen molar-refractivity contribution in [2.45, 2.75) is 51.5 Å². The Morgan fingerprint density at radius 1 is 1.20 bits per heavy atom. The fraction of sp³-hybridized carbons (Fsp3) is 0.882. The van der Waals surface area contributed by atoms with Gasteiger partial charge in [0.05, 0.1) is 6.61 Å². The fourth-order valence-electron chi connectivity index (χ4n) is 3.33. The van der Waals surface area contributed by atoms with Crippen LogP contribution in [-0.4, -0.2) is 73.8 Å². The molecule has 25 heavy (non-hydrogen) atoms. The van der Waals surface area contributed by atoms with Crippen molar-refractivity contribution in [3.63, 3.8) is 0 Å². The summed E-state index contributed by atoms with van der Waals surface area (Å²) in [5.41, 5.74) is 5.97. The van der Waals surface area contributed by atoms with Crippen LogP contribution in [0.1, 0.15) is 45.4 Å². The monoisotopic (exact) mass is 467 g/mol. The molecule has 2 heterocycles. The number of likely N-dealkylation sites (tertiary alicyclic amines) is 2. The molecule has 0 aromatic rings.